The second-order valence-corrected chi connectivity index (χ2v) is 17.7. The molecule has 0 aliphatic rings. The molecular formula is C40H40Cl2N2O4Si. The number of carbonyl (C=O) groups excluding carboxylic acids is 2. The first-order valence-electron chi connectivity index (χ1n) is 16.2. The van der Waals surface area contributed by atoms with E-state index in [-0.39, 0.29) is 30.1 Å². The van der Waals surface area contributed by atoms with Gasteiger partial charge >= 0.3 is 5.97 Å². The van der Waals surface area contributed by atoms with Crippen LogP contribution >= 0.6 is 23.2 Å². The topological polar surface area (TPSA) is 69.6 Å². The lowest BCUT2D eigenvalue weighted by atomic mass is 10.1. The highest BCUT2D eigenvalue weighted by atomic mass is 35.5. The average Bonchev–Trinajstić information content (AvgIpc) is 3.57. The van der Waals surface area contributed by atoms with Gasteiger partial charge in [-0.25, -0.2) is 4.79 Å². The minimum Gasteiger partial charge on any atom is -0.462 e. The summed E-state index contributed by atoms with van der Waals surface area (Å²) in [4.78, 5) is 24.6. The molecule has 0 saturated carbocycles. The van der Waals surface area contributed by atoms with Crippen molar-refractivity contribution in [1.29, 1.82) is 0 Å². The van der Waals surface area contributed by atoms with Crippen molar-refractivity contribution in [2.24, 2.45) is 0 Å². The number of hydrogen-bond acceptors (Lipinski definition) is 4. The predicted octanol–water partition coefficient (Wildman–Crippen LogP) is 8.37. The van der Waals surface area contributed by atoms with Crippen LogP contribution in [0.3, 0.4) is 0 Å². The number of carbonyl (C=O) groups is 2. The highest BCUT2D eigenvalue weighted by Gasteiger charge is 2.50. The maximum absolute atomic E-state index is 12.7. The summed E-state index contributed by atoms with van der Waals surface area (Å²) in [7, 11) is -2.84. The number of rotatable bonds is 12. The summed E-state index contributed by atoms with van der Waals surface area (Å²) in [5.74, 6) is -0.637. The predicted molar refractivity (Wildman–Crippen MR) is 201 cm³/mol. The highest BCUT2D eigenvalue weighted by Crippen LogP contribution is 2.39. The van der Waals surface area contributed by atoms with Gasteiger partial charge in [0.25, 0.3) is 8.32 Å². The number of esters is 1. The lowest BCUT2D eigenvalue weighted by Crippen LogP contribution is -2.66. The number of nitrogens with one attached hydrogen (secondary N) is 1. The number of nitrogens with zero attached hydrogens (tertiary/aromatic N) is 1. The quantitative estimate of drug-likeness (QED) is 0.0803. The van der Waals surface area contributed by atoms with Crippen LogP contribution in [-0.2, 0) is 27.1 Å². The second kappa shape index (κ2) is 15.9. The Kier molecular flexibility index (Phi) is 11.6. The molecule has 5 rings (SSSR count). The lowest BCUT2D eigenvalue weighted by molar-refractivity contribution is -0.116. The molecule has 0 atom stereocenters. The molecule has 0 spiro atoms. The molecule has 0 bridgehead atoms. The van der Waals surface area contributed by atoms with Crippen LogP contribution in [0.2, 0.25) is 15.1 Å². The van der Waals surface area contributed by atoms with Crippen LogP contribution in [0.4, 0.5) is 0 Å². The summed E-state index contributed by atoms with van der Waals surface area (Å²) in [5, 5.41) is 6.08. The first-order chi connectivity index (χ1) is 23.5. The lowest BCUT2D eigenvalue weighted by Gasteiger charge is -2.43. The van der Waals surface area contributed by atoms with Gasteiger partial charge in [0.15, 0.2) is 0 Å². The molecule has 0 aliphatic carbocycles. The summed E-state index contributed by atoms with van der Waals surface area (Å²) in [5.41, 5.74) is 3.52. The maximum Gasteiger partial charge on any atom is 0.338 e. The molecule has 0 radical (unpaired) electrons. The first kappa shape index (κ1) is 35.9. The molecule has 6 nitrogen and oxygen atoms in total. The van der Waals surface area contributed by atoms with Crippen molar-refractivity contribution in [3.05, 3.63) is 154 Å². The van der Waals surface area contributed by atoms with Crippen LogP contribution in [0, 0.1) is 0 Å². The molecule has 49 heavy (non-hydrogen) atoms. The fourth-order valence-electron chi connectivity index (χ4n) is 5.99. The zero-order valence-corrected chi connectivity index (χ0v) is 30.6. The Morgan fingerprint density at radius 1 is 0.837 bits per heavy atom. The zero-order chi connectivity index (χ0) is 35.0. The third-order valence-corrected chi connectivity index (χ3v) is 14.2. The molecule has 0 unspecified atom stereocenters. The van der Waals surface area contributed by atoms with E-state index in [9.17, 15) is 9.59 Å². The van der Waals surface area contributed by atoms with Crippen molar-refractivity contribution in [1.82, 2.24) is 9.88 Å². The zero-order valence-electron chi connectivity index (χ0n) is 28.1. The summed E-state index contributed by atoms with van der Waals surface area (Å²) >= 11 is 14.0. The monoisotopic (exact) mass is 710 g/mol. The van der Waals surface area contributed by atoms with E-state index in [1.54, 1.807) is 37.3 Å². The second-order valence-electron chi connectivity index (χ2n) is 12.6. The van der Waals surface area contributed by atoms with E-state index in [0.29, 0.717) is 27.8 Å². The van der Waals surface area contributed by atoms with Crippen LogP contribution in [-0.4, -0.2) is 31.4 Å². The molecule has 9 heteroatoms. The Bertz CT molecular complexity index is 1880. The van der Waals surface area contributed by atoms with Gasteiger partial charge in [-0.3, -0.25) is 4.79 Å². The summed E-state index contributed by atoms with van der Waals surface area (Å²) in [6, 6.07) is 35.3. The number of halogens is 2. The van der Waals surface area contributed by atoms with Gasteiger partial charge in [-0.2, -0.15) is 0 Å². The Balaban J connectivity index is 1.35. The van der Waals surface area contributed by atoms with Gasteiger partial charge in [0.05, 0.1) is 36.0 Å². The van der Waals surface area contributed by atoms with Gasteiger partial charge in [-0.1, -0.05) is 117 Å². The van der Waals surface area contributed by atoms with Crippen molar-refractivity contribution in [3.8, 4) is 5.69 Å². The average molecular weight is 712 g/mol. The highest BCUT2D eigenvalue weighted by molar-refractivity contribution is 6.99. The molecule has 1 aromatic heterocycles. The van der Waals surface area contributed by atoms with Gasteiger partial charge in [-0.05, 0) is 70.4 Å². The molecule has 1 heterocycles. The van der Waals surface area contributed by atoms with Gasteiger partial charge in [-0.15, -0.1) is 0 Å². The molecule has 4 aromatic carbocycles. The molecule has 5 aromatic rings. The van der Waals surface area contributed by atoms with E-state index in [0.717, 1.165) is 16.9 Å². The van der Waals surface area contributed by atoms with Crippen molar-refractivity contribution in [2.75, 3.05) is 6.61 Å². The van der Waals surface area contributed by atoms with Crippen LogP contribution in [0.25, 0.3) is 11.8 Å². The largest absolute Gasteiger partial charge is 0.462 e. The minimum absolute atomic E-state index is 0.210. The van der Waals surface area contributed by atoms with Gasteiger partial charge in [0.2, 0.25) is 5.91 Å². The van der Waals surface area contributed by atoms with Gasteiger partial charge in [0.1, 0.15) is 0 Å². The van der Waals surface area contributed by atoms with Crippen LogP contribution < -0.4 is 15.7 Å². The number of benzene rings is 4. The van der Waals surface area contributed by atoms with Crippen LogP contribution in [0.15, 0.2) is 121 Å². The standard InChI is InChI=1S/C40H40Cl2N2O4Si/c1-5-47-39(46)30-21-18-29(19-22-30)20-25-37(45)43-27-31-13-12-26-44(31)36-24-23-35(41)34(38(36)42)28-48-49(40(2,3)4,32-14-8-6-9-15-32)33-16-10-7-11-17-33/h6-26H,5,27-28H2,1-4H3,(H,43,45)/b25-20+. The van der Waals surface area contributed by atoms with Crippen molar-refractivity contribution in [2.45, 2.75) is 45.9 Å². The third kappa shape index (κ3) is 8.08. The molecule has 1 N–H and O–H groups in total. The molecule has 252 valence electrons. The van der Waals surface area contributed by atoms with Crippen molar-refractivity contribution in [3.63, 3.8) is 0 Å². The Labute approximate surface area is 299 Å². The Hall–Kier alpha value is -4.40. The van der Waals surface area contributed by atoms with E-state index in [4.69, 9.17) is 32.4 Å². The molecule has 0 fully saturated rings. The van der Waals surface area contributed by atoms with E-state index >= 15 is 0 Å². The fraction of sp³-hybridized carbons (Fsp3) is 0.200. The SMILES string of the molecule is CCOC(=O)c1ccc(/C=C/C(=O)NCc2cccn2-c2ccc(Cl)c(CO[Si](c3ccccc3)(c3ccccc3)C(C)(C)C)c2Cl)cc1. The van der Waals surface area contributed by atoms with Crippen molar-refractivity contribution < 1.29 is 18.8 Å². The van der Waals surface area contributed by atoms with E-state index < -0.39 is 8.32 Å². The van der Waals surface area contributed by atoms with E-state index in [2.05, 4.69) is 74.6 Å². The van der Waals surface area contributed by atoms with Gasteiger partial charge in [0, 0.05) is 28.6 Å². The number of hydrogen-bond donors (Lipinski definition) is 1. The number of aromatic nitrogens is 1. The Morgan fingerprint density at radius 2 is 1.47 bits per heavy atom. The molecular weight excluding hydrogens is 671 g/mol. The molecule has 0 aliphatic heterocycles. The van der Waals surface area contributed by atoms with Gasteiger partial charge < -0.3 is 19.0 Å². The Morgan fingerprint density at radius 3 is 2.06 bits per heavy atom. The van der Waals surface area contributed by atoms with Crippen LogP contribution in [0.1, 0.15) is 54.9 Å². The summed E-state index contributed by atoms with van der Waals surface area (Å²) < 4.78 is 14.1. The molecule has 1 amide bonds. The van der Waals surface area contributed by atoms with E-state index in [1.807, 2.05) is 47.2 Å². The van der Waals surface area contributed by atoms with E-state index in [1.165, 1.54) is 16.4 Å². The van der Waals surface area contributed by atoms with Crippen molar-refractivity contribution >= 4 is 59.8 Å². The fourth-order valence-corrected chi connectivity index (χ4v) is 11.1. The molecule has 0 saturated heterocycles. The third-order valence-electron chi connectivity index (χ3n) is 8.40. The summed E-state index contributed by atoms with van der Waals surface area (Å²) in [6.45, 7) is 9.26. The van der Waals surface area contributed by atoms with Crippen LogP contribution in [0.5, 0.6) is 0 Å². The first-order valence-corrected chi connectivity index (χ1v) is 18.8. The normalized spacial score (nSPS) is 11.9. The number of amides is 1. The summed E-state index contributed by atoms with van der Waals surface area (Å²) in [6.07, 6.45) is 5.06. The smallest absolute Gasteiger partial charge is 0.338 e. The minimum atomic E-state index is -2.84. The number of ether oxygens (including phenoxy) is 1. The maximum atomic E-state index is 12.7.